The Morgan fingerprint density at radius 3 is 2.70 bits per heavy atom. The Morgan fingerprint density at radius 1 is 1.11 bits per heavy atom. The second-order valence-corrected chi connectivity index (χ2v) is 7.36. The van der Waals surface area contributed by atoms with Gasteiger partial charge in [0.25, 0.3) is 5.91 Å². The van der Waals surface area contributed by atoms with Crippen LogP contribution < -0.4 is 10.6 Å². The van der Waals surface area contributed by atoms with Crippen molar-refractivity contribution in [3.05, 3.63) is 76.6 Å². The molecular weight excluding hydrogens is 360 g/mol. The third-order valence-corrected chi connectivity index (χ3v) is 5.51. The van der Waals surface area contributed by atoms with E-state index in [4.69, 9.17) is 0 Å². The van der Waals surface area contributed by atoms with E-state index in [1.165, 1.54) is 11.3 Å². The average molecular weight is 378 g/mol. The number of hydrogen-bond donors (Lipinski definition) is 2. The Morgan fingerprint density at radius 2 is 1.93 bits per heavy atom. The molecule has 1 aliphatic rings. The highest BCUT2D eigenvalue weighted by molar-refractivity contribution is 7.16. The number of rotatable bonds is 5. The molecule has 4 rings (SSSR count). The first kappa shape index (κ1) is 17.4. The minimum absolute atomic E-state index is 0.0503. The Labute approximate surface area is 160 Å². The molecule has 2 N–H and O–H groups in total. The van der Waals surface area contributed by atoms with E-state index < -0.39 is 0 Å². The molecule has 27 heavy (non-hydrogen) atoms. The number of aryl methyl sites for hydroxylation is 1. The lowest BCUT2D eigenvalue weighted by atomic mass is 10.1. The molecule has 0 fully saturated rings. The number of aromatic nitrogens is 2. The predicted molar refractivity (Wildman–Crippen MR) is 104 cm³/mol. The Bertz CT molecular complexity index is 957. The number of nitrogens with zero attached hydrogens (tertiary/aromatic N) is 2. The molecule has 0 saturated heterocycles. The fraction of sp³-hybridized carbons (Fsp3) is 0.200. The second-order valence-electron chi connectivity index (χ2n) is 6.28. The number of carbonyl (C=O) groups excluding carboxylic acids is 2. The highest BCUT2D eigenvalue weighted by Crippen LogP contribution is 2.38. The number of amides is 2. The summed E-state index contributed by atoms with van der Waals surface area (Å²) in [6, 6.07) is 14.6. The largest absolute Gasteiger partial charge is 0.350 e. The Hall–Kier alpha value is -3.06. The lowest BCUT2D eigenvalue weighted by molar-refractivity contribution is -0.122. The number of nitrogens with one attached hydrogen (secondary N) is 2. The normalized spacial score (nSPS) is 15.2. The van der Waals surface area contributed by atoms with E-state index in [0.717, 1.165) is 29.1 Å². The van der Waals surface area contributed by atoms with Crippen molar-refractivity contribution >= 4 is 28.3 Å². The van der Waals surface area contributed by atoms with E-state index >= 15 is 0 Å². The maximum atomic E-state index is 12.6. The summed E-state index contributed by atoms with van der Waals surface area (Å²) in [7, 11) is 0. The molecule has 1 aliphatic carbocycles. The fourth-order valence-corrected chi connectivity index (χ4v) is 4.13. The first-order valence-electron chi connectivity index (χ1n) is 8.74. The quantitative estimate of drug-likeness (QED) is 0.714. The summed E-state index contributed by atoms with van der Waals surface area (Å²) in [5.74, 6) is -0.521. The summed E-state index contributed by atoms with van der Waals surface area (Å²) in [5.41, 5.74) is 2.18. The molecular formula is C20H18N4O2S. The van der Waals surface area contributed by atoms with E-state index in [9.17, 15) is 9.59 Å². The minimum Gasteiger partial charge on any atom is -0.350 e. The van der Waals surface area contributed by atoms with Crippen LogP contribution in [-0.2, 0) is 17.8 Å². The van der Waals surface area contributed by atoms with Crippen LogP contribution in [0.3, 0.4) is 0 Å². The van der Waals surface area contributed by atoms with Crippen LogP contribution in [0.4, 0.5) is 5.13 Å². The van der Waals surface area contributed by atoms with E-state index in [0.29, 0.717) is 17.2 Å². The molecule has 0 radical (unpaired) electrons. The first-order valence-corrected chi connectivity index (χ1v) is 9.56. The van der Waals surface area contributed by atoms with Crippen molar-refractivity contribution in [1.29, 1.82) is 0 Å². The van der Waals surface area contributed by atoms with Gasteiger partial charge in [-0.25, -0.2) is 4.98 Å². The summed E-state index contributed by atoms with van der Waals surface area (Å²) in [6.07, 6.45) is 3.25. The van der Waals surface area contributed by atoms with Crippen LogP contribution in [0.15, 0.2) is 54.7 Å². The van der Waals surface area contributed by atoms with Gasteiger partial charge in [-0.2, -0.15) is 0 Å². The predicted octanol–water partition coefficient (Wildman–Crippen LogP) is 3.14. The Balaban J connectivity index is 1.41. The Kier molecular flexibility index (Phi) is 4.93. The van der Waals surface area contributed by atoms with Gasteiger partial charge in [-0.15, -0.1) is 11.3 Å². The molecule has 2 heterocycles. The van der Waals surface area contributed by atoms with Crippen molar-refractivity contribution in [3.8, 4) is 0 Å². The molecule has 0 unspecified atom stereocenters. The number of anilines is 1. The molecule has 0 aliphatic heterocycles. The second kappa shape index (κ2) is 7.67. The summed E-state index contributed by atoms with van der Waals surface area (Å²) in [6.45, 7) is 0.396. The van der Waals surface area contributed by atoms with E-state index in [1.807, 2.05) is 36.4 Å². The van der Waals surface area contributed by atoms with Crippen molar-refractivity contribution in [2.45, 2.75) is 25.3 Å². The van der Waals surface area contributed by atoms with Crippen LogP contribution in [0.1, 0.15) is 39.0 Å². The minimum atomic E-state index is -0.276. The first-order chi connectivity index (χ1) is 13.2. The van der Waals surface area contributed by atoms with Gasteiger partial charge in [0, 0.05) is 16.6 Å². The standard InChI is InChI=1S/C20H18N4O2S/c25-18(13-6-2-1-3-7-13)24-20-23-17-15(9-10-16(17)27-20)19(26)22-12-14-8-4-5-11-21-14/h1-8,11,15H,9-10,12H2,(H,22,26)(H,23,24,25)/t15-/m0/s1. The zero-order valence-corrected chi connectivity index (χ0v) is 15.3. The van der Waals surface area contributed by atoms with Crippen molar-refractivity contribution in [2.75, 3.05) is 5.32 Å². The molecule has 0 saturated carbocycles. The van der Waals surface area contributed by atoms with Gasteiger partial charge in [-0.05, 0) is 37.1 Å². The zero-order chi connectivity index (χ0) is 18.6. The monoisotopic (exact) mass is 378 g/mol. The lowest BCUT2D eigenvalue weighted by Gasteiger charge is -2.10. The number of pyridine rings is 1. The van der Waals surface area contributed by atoms with Crippen LogP contribution in [0.5, 0.6) is 0 Å². The molecule has 6 nitrogen and oxygen atoms in total. The zero-order valence-electron chi connectivity index (χ0n) is 14.5. The van der Waals surface area contributed by atoms with Crippen LogP contribution in [0.25, 0.3) is 0 Å². The molecule has 0 spiro atoms. The molecule has 1 aromatic carbocycles. The van der Waals surface area contributed by atoms with Gasteiger partial charge >= 0.3 is 0 Å². The van der Waals surface area contributed by atoms with Crippen molar-refractivity contribution < 1.29 is 9.59 Å². The SMILES string of the molecule is O=C(Nc1nc2c(s1)CC[C@@H]2C(=O)NCc1ccccn1)c1ccccc1. The van der Waals surface area contributed by atoms with Gasteiger partial charge in [-0.3, -0.25) is 19.9 Å². The number of carbonyl (C=O) groups is 2. The van der Waals surface area contributed by atoms with Crippen LogP contribution in [-0.4, -0.2) is 21.8 Å². The van der Waals surface area contributed by atoms with E-state index in [2.05, 4.69) is 20.6 Å². The molecule has 2 amide bonds. The van der Waals surface area contributed by atoms with Crippen LogP contribution in [0.2, 0.25) is 0 Å². The molecule has 7 heteroatoms. The van der Waals surface area contributed by atoms with Gasteiger partial charge in [0.15, 0.2) is 5.13 Å². The van der Waals surface area contributed by atoms with Gasteiger partial charge in [0.2, 0.25) is 5.91 Å². The highest BCUT2D eigenvalue weighted by Gasteiger charge is 2.32. The third kappa shape index (κ3) is 3.88. The van der Waals surface area contributed by atoms with Crippen LogP contribution >= 0.6 is 11.3 Å². The van der Waals surface area contributed by atoms with E-state index in [-0.39, 0.29) is 17.7 Å². The summed E-state index contributed by atoms with van der Waals surface area (Å²) in [4.78, 5) is 34.7. The van der Waals surface area contributed by atoms with Gasteiger partial charge < -0.3 is 5.32 Å². The molecule has 0 bridgehead atoms. The fourth-order valence-electron chi connectivity index (χ4n) is 3.10. The molecule has 2 aromatic heterocycles. The maximum Gasteiger partial charge on any atom is 0.257 e. The molecule has 136 valence electrons. The van der Waals surface area contributed by atoms with E-state index in [1.54, 1.807) is 18.3 Å². The summed E-state index contributed by atoms with van der Waals surface area (Å²) < 4.78 is 0. The molecule has 1 atom stereocenters. The third-order valence-electron chi connectivity index (χ3n) is 4.46. The number of hydrogen-bond acceptors (Lipinski definition) is 5. The smallest absolute Gasteiger partial charge is 0.257 e. The highest BCUT2D eigenvalue weighted by atomic mass is 32.1. The average Bonchev–Trinajstić information content (AvgIpc) is 3.27. The van der Waals surface area contributed by atoms with Gasteiger partial charge in [0.1, 0.15) is 0 Å². The number of fused-ring (bicyclic) bond motifs is 1. The number of thiazole rings is 1. The van der Waals surface area contributed by atoms with Gasteiger partial charge in [-0.1, -0.05) is 24.3 Å². The maximum absolute atomic E-state index is 12.6. The topological polar surface area (TPSA) is 84.0 Å². The van der Waals surface area contributed by atoms with Crippen molar-refractivity contribution in [3.63, 3.8) is 0 Å². The van der Waals surface area contributed by atoms with Crippen molar-refractivity contribution in [2.24, 2.45) is 0 Å². The van der Waals surface area contributed by atoms with Crippen molar-refractivity contribution in [1.82, 2.24) is 15.3 Å². The summed E-state index contributed by atoms with van der Waals surface area (Å²) in [5, 5.41) is 6.30. The van der Waals surface area contributed by atoms with Gasteiger partial charge in [0.05, 0.1) is 23.9 Å². The lowest BCUT2D eigenvalue weighted by Crippen LogP contribution is -2.28. The summed E-state index contributed by atoms with van der Waals surface area (Å²) >= 11 is 1.45. The van der Waals surface area contributed by atoms with Crippen LogP contribution in [0, 0.1) is 0 Å². The number of benzene rings is 1. The molecule has 3 aromatic rings.